The summed E-state index contributed by atoms with van der Waals surface area (Å²) in [4.78, 5) is 57.3. The van der Waals surface area contributed by atoms with Crippen molar-refractivity contribution in [2.75, 3.05) is 32.5 Å². The van der Waals surface area contributed by atoms with Gasteiger partial charge in [0.15, 0.2) is 22.8 Å². The number of hydroxylamine groups is 1. The van der Waals surface area contributed by atoms with Gasteiger partial charge in [-0.05, 0) is 37.7 Å². The fraction of sp³-hybridized carbons (Fsp3) is 0.343. The standard InChI is InChI=1S/C35H38N10O8/c1-19(2)29-31(47)40-23(11-20-5-7-21(8-6-20)36-9-10-45(3)4)30(46)37-12-22-13-49-32(38-22)25-15-51-34(41-25)27-17-52-35(43-27)26-16-50-33(42-26)24-14-48-28(39-24)18-53-44-29/h5-8,13-17,19,23,29,36,44H,9-12,18H2,1-4H3,(H,37,46)(H,40,47). The molecule has 1 aromatic carbocycles. The summed E-state index contributed by atoms with van der Waals surface area (Å²) < 4.78 is 28.0. The van der Waals surface area contributed by atoms with E-state index in [9.17, 15) is 9.59 Å². The van der Waals surface area contributed by atoms with Gasteiger partial charge < -0.3 is 42.9 Å². The summed E-state index contributed by atoms with van der Waals surface area (Å²) >= 11 is 0. The lowest BCUT2D eigenvalue weighted by molar-refractivity contribution is -0.134. The Kier molecular flexibility index (Phi) is 10.4. The van der Waals surface area contributed by atoms with Crippen LogP contribution in [0.25, 0.3) is 46.3 Å². The van der Waals surface area contributed by atoms with Crippen molar-refractivity contribution in [2.45, 2.75) is 45.5 Å². The number of carbonyl (C=O) groups is 2. The predicted octanol–water partition coefficient (Wildman–Crippen LogP) is 3.67. The predicted molar refractivity (Wildman–Crippen MR) is 186 cm³/mol. The molecular formula is C35H38N10O8. The Morgan fingerprint density at radius 3 is 1.98 bits per heavy atom. The second kappa shape index (κ2) is 15.6. The van der Waals surface area contributed by atoms with Gasteiger partial charge >= 0.3 is 0 Å². The number of oxazole rings is 5. The van der Waals surface area contributed by atoms with Gasteiger partial charge in [0.1, 0.15) is 50.0 Å². The van der Waals surface area contributed by atoms with Crippen molar-refractivity contribution >= 4 is 17.5 Å². The number of rotatable bonds is 7. The maximum absolute atomic E-state index is 13.7. The molecule has 7 rings (SSSR count). The topological polar surface area (TPSA) is 225 Å². The molecule has 0 saturated heterocycles. The minimum absolute atomic E-state index is 0.0214. The number of hydrogen-bond donors (Lipinski definition) is 4. The number of hydrogen-bond acceptors (Lipinski definition) is 16. The van der Waals surface area contributed by atoms with Crippen molar-refractivity contribution in [3.8, 4) is 46.3 Å². The zero-order chi connectivity index (χ0) is 36.9. The Morgan fingerprint density at radius 2 is 1.36 bits per heavy atom. The maximum Gasteiger partial charge on any atom is 0.249 e. The average Bonchev–Trinajstić information content (AvgIpc) is 3.97. The van der Waals surface area contributed by atoms with Gasteiger partial charge in [0.05, 0.1) is 12.2 Å². The maximum atomic E-state index is 13.7. The first-order chi connectivity index (χ1) is 25.7. The molecule has 2 amide bonds. The molecule has 6 aromatic rings. The molecule has 0 aliphatic carbocycles. The number of carbonyl (C=O) groups excluding carboxylic acids is 2. The number of amides is 2. The van der Waals surface area contributed by atoms with Gasteiger partial charge in [0.2, 0.25) is 41.3 Å². The van der Waals surface area contributed by atoms with Crippen LogP contribution >= 0.6 is 0 Å². The molecule has 18 heteroatoms. The molecule has 1 aliphatic heterocycles. The molecule has 2 atom stereocenters. The van der Waals surface area contributed by atoms with Gasteiger partial charge in [-0.1, -0.05) is 26.0 Å². The van der Waals surface area contributed by atoms with E-state index in [2.05, 4.69) is 51.3 Å². The molecule has 2 unspecified atom stereocenters. The molecule has 10 bridgehead atoms. The zero-order valence-electron chi connectivity index (χ0n) is 29.4. The molecule has 6 heterocycles. The SMILES string of the molecule is CC(C)C1NOCc2nc(co2)-c2nc(co2)-c2nc(co2)-c2nc(co2)-c2nc(co2)CNC(=O)C(Cc2ccc(NCCN(C)C)cc2)NC1=O. The Morgan fingerprint density at radius 1 is 0.774 bits per heavy atom. The Hall–Kier alpha value is -6.11. The molecule has 1 aliphatic rings. The smallest absolute Gasteiger partial charge is 0.249 e. The summed E-state index contributed by atoms with van der Waals surface area (Å²) in [6, 6.07) is 5.97. The van der Waals surface area contributed by atoms with E-state index in [-0.39, 0.29) is 54.9 Å². The molecule has 0 fully saturated rings. The van der Waals surface area contributed by atoms with E-state index < -0.39 is 23.9 Å². The van der Waals surface area contributed by atoms with Crippen LogP contribution in [0.1, 0.15) is 31.0 Å². The normalized spacial score (nSPS) is 16.9. The van der Waals surface area contributed by atoms with E-state index in [1.165, 1.54) is 31.3 Å². The number of fused-ring (bicyclic) bond motifs is 14. The van der Waals surface area contributed by atoms with Gasteiger partial charge in [0.25, 0.3) is 0 Å². The van der Waals surface area contributed by atoms with Crippen molar-refractivity contribution < 1.29 is 36.5 Å². The first-order valence-electron chi connectivity index (χ1n) is 16.9. The van der Waals surface area contributed by atoms with E-state index in [0.717, 1.165) is 24.3 Å². The van der Waals surface area contributed by atoms with Crippen molar-refractivity contribution in [2.24, 2.45) is 5.92 Å². The van der Waals surface area contributed by atoms with Crippen LogP contribution in [0.5, 0.6) is 0 Å². The molecule has 18 nitrogen and oxygen atoms in total. The van der Waals surface area contributed by atoms with Gasteiger partial charge in [-0.3, -0.25) is 14.4 Å². The minimum atomic E-state index is -0.940. The molecule has 0 saturated carbocycles. The average molecular weight is 727 g/mol. The zero-order valence-corrected chi connectivity index (χ0v) is 29.4. The highest BCUT2D eigenvalue weighted by Gasteiger charge is 2.29. The summed E-state index contributed by atoms with van der Waals surface area (Å²) in [6.07, 6.45) is 7.11. The quantitative estimate of drug-likeness (QED) is 0.184. The van der Waals surface area contributed by atoms with E-state index >= 15 is 0 Å². The van der Waals surface area contributed by atoms with Crippen LogP contribution in [0.4, 0.5) is 5.69 Å². The monoisotopic (exact) mass is 726 g/mol. The third-order valence-corrected chi connectivity index (χ3v) is 8.21. The fourth-order valence-corrected chi connectivity index (χ4v) is 5.33. The molecule has 53 heavy (non-hydrogen) atoms. The van der Waals surface area contributed by atoms with Crippen molar-refractivity contribution in [1.29, 1.82) is 0 Å². The third-order valence-electron chi connectivity index (χ3n) is 8.21. The molecule has 276 valence electrons. The summed E-state index contributed by atoms with van der Waals surface area (Å²) in [5.41, 5.74) is 6.25. The lowest BCUT2D eigenvalue weighted by atomic mass is 10.0. The van der Waals surface area contributed by atoms with Gasteiger partial charge in [-0.2, -0.15) is 5.48 Å². The first-order valence-corrected chi connectivity index (χ1v) is 16.9. The van der Waals surface area contributed by atoms with E-state index in [0.29, 0.717) is 28.5 Å². The first kappa shape index (κ1) is 35.3. The lowest BCUT2D eigenvalue weighted by Gasteiger charge is -2.25. The third kappa shape index (κ3) is 8.52. The Balaban J connectivity index is 1.14. The second-order valence-electron chi connectivity index (χ2n) is 12.9. The number of aromatic nitrogens is 5. The van der Waals surface area contributed by atoms with Crippen LogP contribution < -0.4 is 21.4 Å². The molecule has 5 aromatic heterocycles. The highest BCUT2D eigenvalue weighted by molar-refractivity contribution is 5.90. The number of anilines is 1. The van der Waals surface area contributed by atoms with Gasteiger partial charge in [-0.25, -0.2) is 24.9 Å². The highest BCUT2D eigenvalue weighted by Crippen LogP contribution is 2.28. The van der Waals surface area contributed by atoms with E-state index in [4.69, 9.17) is 26.9 Å². The van der Waals surface area contributed by atoms with Crippen LogP contribution in [0.3, 0.4) is 0 Å². The van der Waals surface area contributed by atoms with Crippen molar-refractivity contribution in [3.05, 3.63) is 72.7 Å². The minimum Gasteiger partial charge on any atom is -0.445 e. The van der Waals surface area contributed by atoms with Gasteiger partial charge in [-0.15, -0.1) is 0 Å². The number of likely N-dealkylation sites (N-methyl/N-ethyl adjacent to an activating group) is 1. The molecular weight excluding hydrogens is 688 g/mol. The second-order valence-corrected chi connectivity index (χ2v) is 12.9. The molecule has 4 N–H and O–H groups in total. The molecule has 0 spiro atoms. The number of nitrogens with zero attached hydrogens (tertiary/aromatic N) is 6. The van der Waals surface area contributed by atoms with Gasteiger partial charge in [0, 0.05) is 25.2 Å². The lowest BCUT2D eigenvalue weighted by Crippen LogP contribution is -2.54. The van der Waals surface area contributed by atoms with Crippen molar-refractivity contribution in [1.82, 2.24) is 45.9 Å². The number of benzene rings is 1. The summed E-state index contributed by atoms with van der Waals surface area (Å²) in [6.45, 7) is 5.27. The summed E-state index contributed by atoms with van der Waals surface area (Å²) in [5, 5.41) is 9.16. The summed E-state index contributed by atoms with van der Waals surface area (Å²) in [5.74, 6) is -0.237. The summed E-state index contributed by atoms with van der Waals surface area (Å²) in [7, 11) is 4.03. The van der Waals surface area contributed by atoms with Crippen LogP contribution in [0, 0.1) is 5.92 Å². The van der Waals surface area contributed by atoms with Crippen LogP contribution in [-0.2, 0) is 34.0 Å². The van der Waals surface area contributed by atoms with Crippen molar-refractivity contribution in [3.63, 3.8) is 0 Å². The van der Waals surface area contributed by atoms with Crippen LogP contribution in [-0.4, -0.2) is 80.9 Å². The van der Waals surface area contributed by atoms with E-state index in [1.807, 2.05) is 52.2 Å². The Bertz CT molecular complexity index is 2140. The highest BCUT2D eigenvalue weighted by atomic mass is 16.7. The molecule has 0 radical (unpaired) electrons. The largest absolute Gasteiger partial charge is 0.445 e. The Labute approximate surface area is 302 Å². The van der Waals surface area contributed by atoms with Crippen LogP contribution in [0.2, 0.25) is 0 Å². The van der Waals surface area contributed by atoms with Crippen LogP contribution in [0.15, 0.2) is 77.7 Å². The number of nitrogens with one attached hydrogen (secondary N) is 4. The van der Waals surface area contributed by atoms with E-state index in [1.54, 1.807) is 0 Å². The fourth-order valence-electron chi connectivity index (χ4n) is 5.33.